The van der Waals surface area contributed by atoms with Gasteiger partial charge in [-0.2, -0.15) is 0 Å². The first-order chi connectivity index (χ1) is 8.75. The molecular formula is C14H16O4. The van der Waals surface area contributed by atoms with Crippen LogP contribution in [0.5, 0.6) is 0 Å². The van der Waals surface area contributed by atoms with Crippen molar-refractivity contribution in [3.8, 4) is 0 Å². The lowest BCUT2D eigenvalue weighted by Gasteiger charge is -2.30. The summed E-state index contributed by atoms with van der Waals surface area (Å²) in [5, 5.41) is 0. The molecular weight excluding hydrogens is 232 g/mol. The third-order valence-electron chi connectivity index (χ3n) is 3.48. The highest BCUT2D eigenvalue weighted by molar-refractivity contribution is 5.87. The van der Waals surface area contributed by atoms with Gasteiger partial charge >= 0.3 is 0 Å². The highest BCUT2D eigenvalue weighted by Crippen LogP contribution is 2.31. The van der Waals surface area contributed by atoms with Crippen LogP contribution in [0.4, 0.5) is 0 Å². The van der Waals surface area contributed by atoms with E-state index in [4.69, 9.17) is 14.2 Å². The van der Waals surface area contributed by atoms with Crippen molar-refractivity contribution in [1.29, 1.82) is 0 Å². The van der Waals surface area contributed by atoms with Crippen molar-refractivity contribution < 1.29 is 19.0 Å². The number of ether oxygens (including phenoxy) is 3. The van der Waals surface area contributed by atoms with E-state index in [-0.39, 0.29) is 24.1 Å². The van der Waals surface area contributed by atoms with Crippen molar-refractivity contribution in [2.45, 2.75) is 32.0 Å². The summed E-state index contributed by atoms with van der Waals surface area (Å²) in [6.07, 6.45) is -1.12. The molecule has 4 heteroatoms. The van der Waals surface area contributed by atoms with Gasteiger partial charge in [0.2, 0.25) is 0 Å². The summed E-state index contributed by atoms with van der Waals surface area (Å²) in [4.78, 5) is 12.1. The highest BCUT2D eigenvalue weighted by atomic mass is 16.7. The molecule has 0 aliphatic carbocycles. The summed E-state index contributed by atoms with van der Waals surface area (Å²) in [6.45, 7) is 2.70. The fourth-order valence-corrected chi connectivity index (χ4v) is 2.39. The van der Waals surface area contributed by atoms with Gasteiger partial charge in [0.1, 0.15) is 12.2 Å². The van der Waals surface area contributed by atoms with Gasteiger partial charge in [-0.15, -0.1) is 0 Å². The number of rotatable bonds is 3. The van der Waals surface area contributed by atoms with Crippen LogP contribution >= 0.6 is 0 Å². The van der Waals surface area contributed by atoms with E-state index < -0.39 is 6.10 Å². The average molecular weight is 248 g/mol. The van der Waals surface area contributed by atoms with Gasteiger partial charge in [0.15, 0.2) is 12.1 Å². The normalized spacial score (nSPS) is 34.8. The Hall–Kier alpha value is -1.23. The van der Waals surface area contributed by atoms with Crippen LogP contribution in [0.15, 0.2) is 30.3 Å². The Bertz CT molecular complexity index is 431. The Balaban J connectivity index is 1.67. The zero-order valence-electron chi connectivity index (χ0n) is 10.2. The first-order valence-electron chi connectivity index (χ1n) is 6.22. The molecule has 2 aliphatic rings. The average Bonchev–Trinajstić information content (AvgIpc) is 2.84. The summed E-state index contributed by atoms with van der Waals surface area (Å²) in [7, 11) is 0. The number of benzene rings is 1. The maximum absolute atomic E-state index is 12.1. The second-order valence-corrected chi connectivity index (χ2v) is 4.78. The van der Waals surface area contributed by atoms with E-state index >= 15 is 0 Å². The summed E-state index contributed by atoms with van der Waals surface area (Å²) in [5.74, 6) is -0.158. The molecule has 4 nitrogen and oxygen atoms in total. The Kier molecular flexibility index (Phi) is 3.16. The van der Waals surface area contributed by atoms with Gasteiger partial charge in [-0.25, -0.2) is 0 Å². The standard InChI is InChI=1S/C14H16O4/c1-9-12(15)13(11-8-17-14(9)18-11)16-7-10-5-3-2-4-6-10/h2-6,9,11,13-14H,7-8H2,1H3/t9-,11-,13-,14-/m1/s1. The molecule has 0 radical (unpaired) electrons. The SMILES string of the molecule is C[C@@H]1C(=O)[C@H](OCc2ccccc2)[C@H]2CO[C@@H]1O2. The Labute approximate surface area is 106 Å². The van der Waals surface area contributed by atoms with E-state index in [0.29, 0.717) is 13.2 Å². The van der Waals surface area contributed by atoms with E-state index in [0.717, 1.165) is 5.56 Å². The van der Waals surface area contributed by atoms with Crippen LogP contribution in [-0.2, 0) is 25.6 Å². The molecule has 1 aromatic rings. The predicted molar refractivity (Wildman–Crippen MR) is 63.8 cm³/mol. The molecule has 2 saturated heterocycles. The van der Waals surface area contributed by atoms with Gasteiger partial charge in [0.25, 0.3) is 0 Å². The number of hydrogen-bond acceptors (Lipinski definition) is 4. The minimum atomic E-state index is -0.501. The van der Waals surface area contributed by atoms with Gasteiger partial charge in [-0.05, 0) is 5.56 Å². The summed E-state index contributed by atoms with van der Waals surface area (Å²) >= 11 is 0. The lowest BCUT2D eigenvalue weighted by molar-refractivity contribution is -0.179. The van der Waals surface area contributed by atoms with E-state index in [1.54, 1.807) is 0 Å². The minimum absolute atomic E-state index is 0.0877. The van der Waals surface area contributed by atoms with Gasteiger partial charge < -0.3 is 14.2 Å². The van der Waals surface area contributed by atoms with Crippen LogP contribution in [0.3, 0.4) is 0 Å². The molecule has 3 rings (SSSR count). The molecule has 0 aromatic heterocycles. The molecule has 0 spiro atoms. The smallest absolute Gasteiger partial charge is 0.172 e. The molecule has 0 unspecified atom stereocenters. The van der Waals surface area contributed by atoms with Gasteiger partial charge in [-0.1, -0.05) is 37.3 Å². The highest BCUT2D eigenvalue weighted by Gasteiger charge is 2.48. The van der Waals surface area contributed by atoms with Crippen LogP contribution in [-0.4, -0.2) is 30.9 Å². The molecule has 2 fully saturated rings. The number of carbonyl (C=O) groups is 1. The fourth-order valence-electron chi connectivity index (χ4n) is 2.39. The molecule has 0 amide bonds. The maximum atomic E-state index is 12.1. The van der Waals surface area contributed by atoms with E-state index in [9.17, 15) is 4.79 Å². The van der Waals surface area contributed by atoms with Crippen LogP contribution in [0.2, 0.25) is 0 Å². The minimum Gasteiger partial charge on any atom is -0.363 e. The van der Waals surface area contributed by atoms with Crippen LogP contribution in [0.1, 0.15) is 12.5 Å². The molecule has 96 valence electrons. The molecule has 0 saturated carbocycles. The number of carbonyl (C=O) groups excluding carboxylic acids is 1. The molecule has 1 aromatic carbocycles. The molecule has 2 bridgehead atoms. The Morgan fingerprint density at radius 2 is 2.11 bits per heavy atom. The lowest BCUT2D eigenvalue weighted by atomic mass is 9.96. The lowest BCUT2D eigenvalue weighted by Crippen LogP contribution is -2.47. The first kappa shape index (κ1) is 11.8. The van der Waals surface area contributed by atoms with Crippen molar-refractivity contribution in [1.82, 2.24) is 0 Å². The van der Waals surface area contributed by atoms with Gasteiger partial charge in [-0.3, -0.25) is 4.79 Å². The Morgan fingerprint density at radius 3 is 2.89 bits per heavy atom. The molecule has 2 heterocycles. The number of hydrogen-bond donors (Lipinski definition) is 0. The third-order valence-corrected chi connectivity index (χ3v) is 3.48. The zero-order chi connectivity index (χ0) is 12.5. The van der Waals surface area contributed by atoms with Crippen molar-refractivity contribution >= 4 is 5.78 Å². The van der Waals surface area contributed by atoms with E-state index in [1.165, 1.54) is 0 Å². The number of ketones is 1. The second kappa shape index (κ2) is 4.80. The predicted octanol–water partition coefficient (Wildman–Crippen LogP) is 1.53. The Morgan fingerprint density at radius 1 is 1.33 bits per heavy atom. The summed E-state index contributed by atoms with van der Waals surface area (Å²) in [5.41, 5.74) is 1.05. The monoisotopic (exact) mass is 248 g/mol. The third kappa shape index (κ3) is 2.07. The zero-order valence-corrected chi connectivity index (χ0v) is 10.2. The topological polar surface area (TPSA) is 44.8 Å². The molecule has 18 heavy (non-hydrogen) atoms. The first-order valence-corrected chi connectivity index (χ1v) is 6.22. The van der Waals surface area contributed by atoms with Crippen molar-refractivity contribution in [3.05, 3.63) is 35.9 Å². The summed E-state index contributed by atoms with van der Waals surface area (Å²) in [6, 6.07) is 9.82. The van der Waals surface area contributed by atoms with Crippen molar-refractivity contribution in [2.75, 3.05) is 6.61 Å². The van der Waals surface area contributed by atoms with Gasteiger partial charge in [0.05, 0.1) is 19.1 Å². The molecule has 0 N–H and O–H groups in total. The van der Waals surface area contributed by atoms with Crippen LogP contribution in [0, 0.1) is 5.92 Å². The fraction of sp³-hybridized carbons (Fsp3) is 0.500. The maximum Gasteiger partial charge on any atom is 0.172 e. The van der Waals surface area contributed by atoms with E-state index in [2.05, 4.69) is 0 Å². The molecule has 2 aliphatic heterocycles. The van der Waals surface area contributed by atoms with Crippen molar-refractivity contribution in [2.24, 2.45) is 5.92 Å². The van der Waals surface area contributed by atoms with E-state index in [1.807, 2.05) is 37.3 Å². The van der Waals surface area contributed by atoms with Crippen molar-refractivity contribution in [3.63, 3.8) is 0 Å². The number of fused-ring (bicyclic) bond motifs is 2. The number of Topliss-reactive ketones (excluding diaryl/α,β-unsaturated/α-hetero) is 1. The van der Waals surface area contributed by atoms with Gasteiger partial charge in [0, 0.05) is 0 Å². The summed E-state index contributed by atoms with van der Waals surface area (Å²) < 4.78 is 16.8. The quantitative estimate of drug-likeness (QED) is 0.813. The second-order valence-electron chi connectivity index (χ2n) is 4.78. The molecule has 4 atom stereocenters. The van der Waals surface area contributed by atoms with Crippen LogP contribution < -0.4 is 0 Å². The largest absolute Gasteiger partial charge is 0.363 e. The van der Waals surface area contributed by atoms with Crippen LogP contribution in [0.25, 0.3) is 0 Å².